The van der Waals surface area contributed by atoms with Gasteiger partial charge in [0.2, 0.25) is 0 Å². The monoisotopic (exact) mass is 264 g/mol. The molecular formula is C13H20N4O2. The van der Waals surface area contributed by atoms with Gasteiger partial charge >= 0.3 is 0 Å². The van der Waals surface area contributed by atoms with E-state index in [0.29, 0.717) is 29.8 Å². The van der Waals surface area contributed by atoms with E-state index in [0.717, 1.165) is 44.6 Å². The Hall–Kier alpha value is -1.56. The van der Waals surface area contributed by atoms with Crippen LogP contribution in [0.4, 0.5) is 5.69 Å². The summed E-state index contributed by atoms with van der Waals surface area (Å²) in [7, 11) is 0. The molecule has 2 aliphatic rings. The second-order valence-electron chi connectivity index (χ2n) is 5.45. The Morgan fingerprint density at radius 3 is 3.00 bits per heavy atom. The number of hydrogen-bond acceptors (Lipinski definition) is 4. The van der Waals surface area contributed by atoms with Gasteiger partial charge in [-0.3, -0.25) is 9.89 Å². The van der Waals surface area contributed by atoms with Gasteiger partial charge in [-0.1, -0.05) is 0 Å². The predicted molar refractivity (Wildman–Crippen MR) is 70.9 cm³/mol. The average Bonchev–Trinajstić information content (AvgIpc) is 2.96. The number of nitrogens with one attached hydrogen (secondary N) is 2. The van der Waals surface area contributed by atoms with E-state index in [1.54, 1.807) is 0 Å². The molecule has 1 saturated carbocycles. The summed E-state index contributed by atoms with van der Waals surface area (Å²) in [5.41, 5.74) is 7.75. The number of nitrogen functional groups attached to an aromatic ring is 1. The van der Waals surface area contributed by atoms with E-state index in [1.807, 2.05) is 0 Å². The molecule has 1 aliphatic heterocycles. The van der Waals surface area contributed by atoms with Crippen molar-refractivity contribution in [1.29, 1.82) is 0 Å². The smallest absolute Gasteiger partial charge is 0.273 e. The highest BCUT2D eigenvalue weighted by molar-refractivity contribution is 5.97. The van der Waals surface area contributed by atoms with Crippen LogP contribution in [-0.2, 0) is 4.74 Å². The third kappa shape index (κ3) is 2.73. The maximum absolute atomic E-state index is 12.0. The number of nitrogens with two attached hydrogens (primary N) is 1. The Kier molecular flexibility index (Phi) is 3.42. The lowest BCUT2D eigenvalue weighted by Crippen LogP contribution is -2.27. The van der Waals surface area contributed by atoms with Gasteiger partial charge in [0.15, 0.2) is 5.69 Å². The van der Waals surface area contributed by atoms with E-state index in [2.05, 4.69) is 15.5 Å². The molecule has 1 aromatic rings. The first-order valence-electron chi connectivity index (χ1n) is 6.95. The van der Waals surface area contributed by atoms with E-state index < -0.39 is 0 Å². The number of anilines is 1. The summed E-state index contributed by atoms with van der Waals surface area (Å²) in [6.07, 6.45) is 4.31. The molecular weight excluding hydrogens is 244 g/mol. The molecule has 1 aliphatic carbocycles. The second-order valence-corrected chi connectivity index (χ2v) is 5.45. The van der Waals surface area contributed by atoms with Crippen LogP contribution in [0.2, 0.25) is 0 Å². The molecule has 6 heteroatoms. The highest BCUT2D eigenvalue weighted by Crippen LogP contribution is 2.42. The van der Waals surface area contributed by atoms with Crippen molar-refractivity contribution in [3.8, 4) is 0 Å². The minimum Gasteiger partial charge on any atom is -0.395 e. The minimum atomic E-state index is -0.181. The van der Waals surface area contributed by atoms with Crippen molar-refractivity contribution < 1.29 is 9.53 Å². The number of rotatable bonds is 5. The molecule has 0 aromatic carbocycles. The number of carbonyl (C=O) groups excluding carboxylic acids is 1. The van der Waals surface area contributed by atoms with Gasteiger partial charge in [0.25, 0.3) is 5.91 Å². The van der Waals surface area contributed by atoms with Crippen molar-refractivity contribution in [2.24, 2.45) is 5.92 Å². The highest BCUT2D eigenvalue weighted by atomic mass is 16.5. The number of amides is 1. The van der Waals surface area contributed by atoms with Gasteiger partial charge in [0.05, 0.1) is 11.4 Å². The number of nitrogens with zero attached hydrogens (tertiary/aromatic N) is 1. The largest absolute Gasteiger partial charge is 0.395 e. The molecule has 2 heterocycles. The fraction of sp³-hybridized carbons (Fsp3) is 0.692. The van der Waals surface area contributed by atoms with Gasteiger partial charge in [-0.2, -0.15) is 5.10 Å². The van der Waals surface area contributed by atoms with Crippen LogP contribution in [-0.4, -0.2) is 35.9 Å². The van der Waals surface area contributed by atoms with Gasteiger partial charge < -0.3 is 15.8 Å². The minimum absolute atomic E-state index is 0.181. The van der Waals surface area contributed by atoms with Gasteiger partial charge in [-0.15, -0.1) is 0 Å². The van der Waals surface area contributed by atoms with Crippen LogP contribution in [0, 0.1) is 5.92 Å². The summed E-state index contributed by atoms with van der Waals surface area (Å²) in [5, 5.41) is 9.82. The summed E-state index contributed by atoms with van der Waals surface area (Å²) in [6.45, 7) is 2.31. The Bertz CT molecular complexity index is 461. The van der Waals surface area contributed by atoms with E-state index in [4.69, 9.17) is 10.5 Å². The molecule has 4 N–H and O–H groups in total. The molecule has 1 amide bonds. The van der Waals surface area contributed by atoms with Gasteiger partial charge in [-0.25, -0.2) is 0 Å². The van der Waals surface area contributed by atoms with E-state index in [9.17, 15) is 4.79 Å². The molecule has 1 unspecified atom stereocenters. The lowest BCUT2D eigenvalue weighted by molar-refractivity contribution is 0.0946. The molecule has 1 aromatic heterocycles. The first kappa shape index (κ1) is 12.5. The van der Waals surface area contributed by atoms with Crippen LogP contribution in [0.1, 0.15) is 47.8 Å². The Balaban J connectivity index is 1.51. The molecule has 0 bridgehead atoms. The number of H-pyrrole nitrogens is 1. The first-order valence-corrected chi connectivity index (χ1v) is 6.95. The highest BCUT2D eigenvalue weighted by Gasteiger charge is 2.30. The molecule has 19 heavy (non-hydrogen) atoms. The van der Waals surface area contributed by atoms with Crippen molar-refractivity contribution in [2.75, 3.05) is 25.5 Å². The van der Waals surface area contributed by atoms with Crippen LogP contribution in [0.5, 0.6) is 0 Å². The predicted octanol–water partition coefficient (Wildman–Crippen LogP) is 1.03. The molecule has 1 atom stereocenters. The van der Waals surface area contributed by atoms with Crippen LogP contribution in [0.15, 0.2) is 0 Å². The third-order valence-electron chi connectivity index (χ3n) is 3.90. The van der Waals surface area contributed by atoms with E-state index in [-0.39, 0.29) is 5.91 Å². The number of aromatic nitrogens is 2. The van der Waals surface area contributed by atoms with Crippen LogP contribution in [0.3, 0.4) is 0 Å². The lowest BCUT2D eigenvalue weighted by atomic mass is 10.1. The van der Waals surface area contributed by atoms with Gasteiger partial charge in [-0.05, 0) is 31.6 Å². The van der Waals surface area contributed by atoms with E-state index in [1.165, 1.54) is 0 Å². The molecule has 0 spiro atoms. The number of carbonyl (C=O) groups is 1. The standard InChI is InChI=1S/C13H20N4O2/c14-10-11(9-1-2-9)16-17-12(10)13(18)15-5-3-8-4-6-19-7-8/h8-9H,1-7,14H2,(H,15,18)(H,16,17). The summed E-state index contributed by atoms with van der Waals surface area (Å²) >= 11 is 0. The summed E-state index contributed by atoms with van der Waals surface area (Å²) in [6, 6.07) is 0. The summed E-state index contributed by atoms with van der Waals surface area (Å²) in [4.78, 5) is 12.0. The molecule has 6 nitrogen and oxygen atoms in total. The fourth-order valence-corrected chi connectivity index (χ4v) is 2.50. The molecule has 1 saturated heterocycles. The average molecular weight is 264 g/mol. The van der Waals surface area contributed by atoms with Gasteiger partial charge in [0, 0.05) is 25.7 Å². The quantitative estimate of drug-likeness (QED) is 0.740. The molecule has 3 rings (SSSR count). The summed E-state index contributed by atoms with van der Waals surface area (Å²) in [5.74, 6) is 0.864. The van der Waals surface area contributed by atoms with Crippen LogP contribution in [0.25, 0.3) is 0 Å². The third-order valence-corrected chi connectivity index (χ3v) is 3.90. The Morgan fingerprint density at radius 2 is 2.32 bits per heavy atom. The Morgan fingerprint density at radius 1 is 1.47 bits per heavy atom. The second kappa shape index (κ2) is 5.21. The normalized spacial score (nSPS) is 22.6. The van der Waals surface area contributed by atoms with E-state index >= 15 is 0 Å². The SMILES string of the molecule is Nc1c(C(=O)NCCC2CCOC2)n[nH]c1C1CC1. The zero-order valence-corrected chi connectivity index (χ0v) is 10.9. The maximum Gasteiger partial charge on any atom is 0.273 e. The number of ether oxygens (including phenoxy) is 1. The Labute approximate surface area is 112 Å². The van der Waals surface area contributed by atoms with Crippen molar-refractivity contribution in [3.63, 3.8) is 0 Å². The molecule has 2 fully saturated rings. The van der Waals surface area contributed by atoms with Crippen LogP contribution >= 0.6 is 0 Å². The van der Waals surface area contributed by atoms with Crippen molar-refractivity contribution in [3.05, 3.63) is 11.4 Å². The van der Waals surface area contributed by atoms with Crippen LogP contribution < -0.4 is 11.1 Å². The fourth-order valence-electron chi connectivity index (χ4n) is 2.50. The zero-order chi connectivity index (χ0) is 13.2. The van der Waals surface area contributed by atoms with Crippen molar-refractivity contribution in [2.45, 2.75) is 31.6 Å². The lowest BCUT2D eigenvalue weighted by Gasteiger charge is -2.08. The first-order chi connectivity index (χ1) is 9.25. The number of hydrogen-bond donors (Lipinski definition) is 3. The van der Waals surface area contributed by atoms with Crippen molar-refractivity contribution >= 4 is 11.6 Å². The van der Waals surface area contributed by atoms with Crippen molar-refractivity contribution in [1.82, 2.24) is 15.5 Å². The molecule has 0 radical (unpaired) electrons. The maximum atomic E-state index is 12.0. The number of aromatic amines is 1. The topological polar surface area (TPSA) is 93.0 Å². The molecule has 104 valence electrons. The zero-order valence-electron chi connectivity index (χ0n) is 10.9. The van der Waals surface area contributed by atoms with Gasteiger partial charge in [0.1, 0.15) is 0 Å². The summed E-state index contributed by atoms with van der Waals surface area (Å²) < 4.78 is 5.30.